The summed E-state index contributed by atoms with van der Waals surface area (Å²) in [6, 6.07) is 5.30. The first-order valence-electron chi connectivity index (χ1n) is 7.69. The molecule has 128 valence electrons. The Bertz CT molecular complexity index is 966. The van der Waals surface area contributed by atoms with Crippen LogP contribution in [-0.2, 0) is 0 Å². The van der Waals surface area contributed by atoms with E-state index in [9.17, 15) is 4.79 Å². The molecule has 3 aromatic heterocycles. The maximum Gasteiger partial charge on any atom is 0.253 e. The predicted molar refractivity (Wildman–Crippen MR) is 95.4 cm³/mol. The second kappa shape index (κ2) is 6.16. The number of nitrogens with one attached hydrogen (secondary N) is 1. The van der Waals surface area contributed by atoms with Crippen LogP contribution in [-0.4, -0.2) is 44.6 Å². The summed E-state index contributed by atoms with van der Waals surface area (Å²) in [4.78, 5) is 18.4. The zero-order chi connectivity index (χ0) is 17.6. The monoisotopic (exact) mass is 376 g/mol. The first-order valence-corrected chi connectivity index (χ1v) is 8.45. The van der Waals surface area contributed by atoms with E-state index in [0.717, 1.165) is 11.5 Å². The largest absolute Gasteiger partial charge is 0.366 e. The van der Waals surface area contributed by atoms with Crippen molar-refractivity contribution in [3.05, 3.63) is 52.2 Å². The first-order chi connectivity index (χ1) is 12.0. The highest BCUT2D eigenvalue weighted by Gasteiger charge is 2.30. The Hall–Kier alpha value is -2.38. The molecule has 0 saturated carbocycles. The zero-order valence-corrected chi connectivity index (χ0v) is 14.8. The average molecular weight is 377 g/mol. The van der Waals surface area contributed by atoms with Crippen LogP contribution in [0, 0.1) is 6.92 Å². The summed E-state index contributed by atoms with van der Waals surface area (Å²) >= 11 is 12.1. The van der Waals surface area contributed by atoms with E-state index < -0.39 is 0 Å². The van der Waals surface area contributed by atoms with Crippen molar-refractivity contribution in [3.63, 3.8) is 0 Å². The highest BCUT2D eigenvalue weighted by molar-refractivity contribution is 6.34. The molecule has 1 fully saturated rings. The normalized spacial score (nSPS) is 14.6. The third kappa shape index (κ3) is 3.01. The fraction of sp³-hybridized carbons (Fsp3) is 0.250. The molecule has 0 spiro atoms. The highest BCUT2D eigenvalue weighted by atomic mass is 35.5. The summed E-state index contributed by atoms with van der Waals surface area (Å²) in [7, 11) is 0. The number of carbonyl (C=O) groups excluding carboxylic acids is 1. The zero-order valence-electron chi connectivity index (χ0n) is 13.3. The van der Waals surface area contributed by atoms with E-state index in [0.29, 0.717) is 34.5 Å². The number of carbonyl (C=O) groups is 1. The molecule has 4 heterocycles. The fourth-order valence-electron chi connectivity index (χ4n) is 2.82. The molecule has 0 unspecified atom stereocenters. The Morgan fingerprint density at radius 1 is 1.28 bits per heavy atom. The van der Waals surface area contributed by atoms with Gasteiger partial charge >= 0.3 is 0 Å². The van der Waals surface area contributed by atoms with Crippen molar-refractivity contribution >= 4 is 40.4 Å². The van der Waals surface area contributed by atoms with Crippen molar-refractivity contribution in [2.75, 3.05) is 18.0 Å². The van der Waals surface area contributed by atoms with Gasteiger partial charge in [0.05, 0.1) is 22.3 Å². The lowest BCUT2D eigenvalue weighted by Gasteiger charge is -2.41. The lowest BCUT2D eigenvalue weighted by atomic mass is 10.1. The maximum absolute atomic E-state index is 12.4. The minimum absolute atomic E-state index is 0.0493. The second-order valence-corrected chi connectivity index (χ2v) is 6.72. The Morgan fingerprint density at radius 3 is 2.88 bits per heavy atom. The van der Waals surface area contributed by atoms with Gasteiger partial charge in [0.2, 0.25) is 0 Å². The third-order valence-corrected chi connectivity index (χ3v) is 4.69. The molecule has 25 heavy (non-hydrogen) atoms. The molecule has 1 N–H and O–H groups in total. The van der Waals surface area contributed by atoms with Crippen LogP contribution in [0.2, 0.25) is 10.2 Å². The molecule has 1 aliphatic rings. The topological polar surface area (TPSA) is 75.4 Å². The van der Waals surface area contributed by atoms with Crippen molar-refractivity contribution in [1.82, 2.24) is 24.9 Å². The minimum atomic E-state index is -0.126. The predicted octanol–water partition coefficient (Wildman–Crippen LogP) is 2.36. The van der Waals surface area contributed by atoms with Gasteiger partial charge in [-0.05, 0) is 19.1 Å². The van der Waals surface area contributed by atoms with E-state index >= 15 is 0 Å². The van der Waals surface area contributed by atoms with Gasteiger partial charge < -0.3 is 10.2 Å². The van der Waals surface area contributed by atoms with Crippen molar-refractivity contribution in [1.29, 1.82) is 0 Å². The number of pyridine rings is 2. The lowest BCUT2D eigenvalue weighted by Crippen LogP contribution is -2.59. The molecule has 4 rings (SSSR count). The van der Waals surface area contributed by atoms with Gasteiger partial charge in [-0.25, -0.2) is 4.98 Å². The molecule has 0 atom stereocenters. The summed E-state index contributed by atoms with van der Waals surface area (Å²) in [5, 5.41) is 12.0. The summed E-state index contributed by atoms with van der Waals surface area (Å²) < 4.78 is 1.79. The second-order valence-electron chi connectivity index (χ2n) is 5.93. The van der Waals surface area contributed by atoms with Gasteiger partial charge in [-0.1, -0.05) is 23.2 Å². The molecule has 7 nitrogen and oxygen atoms in total. The smallest absolute Gasteiger partial charge is 0.253 e. The number of nitrogens with zero attached hydrogens (tertiary/aromatic N) is 5. The van der Waals surface area contributed by atoms with Gasteiger partial charge in [0.1, 0.15) is 11.0 Å². The molecule has 0 aromatic carbocycles. The standard InChI is InChI=1S/C16H14Cl2N6O/c1-9-21-22-15-3-2-10(6-24(9)15)16(25)20-11-7-23(8-11)13-4-14(18)19-5-12(13)17/h2-6,11H,7-8H2,1H3,(H,20,25). The first kappa shape index (κ1) is 16.1. The SMILES string of the molecule is Cc1nnc2ccc(C(=O)NC3CN(c4cc(Cl)ncc4Cl)C3)cn12. The molecule has 1 amide bonds. The van der Waals surface area contributed by atoms with Crippen LogP contribution in [0.15, 0.2) is 30.6 Å². The summed E-state index contributed by atoms with van der Waals surface area (Å²) in [5.41, 5.74) is 2.11. The van der Waals surface area contributed by atoms with E-state index in [1.807, 2.05) is 11.8 Å². The number of halogens is 2. The van der Waals surface area contributed by atoms with Crippen LogP contribution in [0.3, 0.4) is 0 Å². The van der Waals surface area contributed by atoms with Crippen LogP contribution in [0.1, 0.15) is 16.2 Å². The summed E-state index contributed by atoms with van der Waals surface area (Å²) in [5.74, 6) is 0.613. The maximum atomic E-state index is 12.4. The van der Waals surface area contributed by atoms with Crippen LogP contribution >= 0.6 is 23.2 Å². The third-order valence-electron chi connectivity index (χ3n) is 4.19. The van der Waals surface area contributed by atoms with Crippen molar-refractivity contribution in [2.24, 2.45) is 0 Å². The van der Waals surface area contributed by atoms with E-state index in [1.165, 1.54) is 6.20 Å². The Labute approximate surface area is 153 Å². The Morgan fingerprint density at radius 2 is 2.08 bits per heavy atom. The molecule has 0 aliphatic carbocycles. The molecular formula is C16H14Cl2N6O. The molecule has 0 bridgehead atoms. The van der Waals surface area contributed by atoms with E-state index in [2.05, 4.69) is 20.5 Å². The fourth-order valence-corrected chi connectivity index (χ4v) is 3.20. The van der Waals surface area contributed by atoms with Crippen LogP contribution < -0.4 is 10.2 Å². The molecule has 9 heteroatoms. The molecule has 0 radical (unpaired) electrons. The molecule has 3 aromatic rings. The molecular weight excluding hydrogens is 363 g/mol. The van der Waals surface area contributed by atoms with E-state index in [-0.39, 0.29) is 11.9 Å². The number of aromatic nitrogens is 4. The Balaban J connectivity index is 1.42. The number of rotatable bonds is 3. The van der Waals surface area contributed by atoms with Gasteiger partial charge in [0.25, 0.3) is 5.91 Å². The number of hydrogen-bond acceptors (Lipinski definition) is 5. The summed E-state index contributed by atoms with van der Waals surface area (Å²) in [6.45, 7) is 3.18. The minimum Gasteiger partial charge on any atom is -0.366 e. The molecule has 1 saturated heterocycles. The van der Waals surface area contributed by atoms with Gasteiger partial charge in [0.15, 0.2) is 5.65 Å². The van der Waals surface area contributed by atoms with Gasteiger partial charge in [-0.15, -0.1) is 10.2 Å². The van der Waals surface area contributed by atoms with Crippen LogP contribution in [0.5, 0.6) is 0 Å². The number of hydrogen-bond donors (Lipinski definition) is 1. The highest BCUT2D eigenvalue weighted by Crippen LogP contribution is 2.30. The lowest BCUT2D eigenvalue weighted by molar-refractivity contribution is 0.0930. The van der Waals surface area contributed by atoms with Crippen molar-refractivity contribution < 1.29 is 4.79 Å². The van der Waals surface area contributed by atoms with E-state index in [4.69, 9.17) is 23.2 Å². The Kier molecular flexibility index (Phi) is 3.97. The van der Waals surface area contributed by atoms with Crippen molar-refractivity contribution in [3.8, 4) is 0 Å². The van der Waals surface area contributed by atoms with Crippen LogP contribution in [0.4, 0.5) is 5.69 Å². The van der Waals surface area contributed by atoms with Gasteiger partial charge in [-0.2, -0.15) is 0 Å². The quantitative estimate of drug-likeness (QED) is 0.710. The van der Waals surface area contributed by atoms with Gasteiger partial charge in [0, 0.05) is 31.5 Å². The van der Waals surface area contributed by atoms with Gasteiger partial charge in [-0.3, -0.25) is 9.20 Å². The number of amides is 1. The summed E-state index contributed by atoms with van der Waals surface area (Å²) in [6.07, 6.45) is 3.28. The van der Waals surface area contributed by atoms with E-state index in [1.54, 1.807) is 28.8 Å². The number of aryl methyl sites for hydroxylation is 1. The van der Waals surface area contributed by atoms with Crippen molar-refractivity contribution in [2.45, 2.75) is 13.0 Å². The molecule has 1 aliphatic heterocycles. The van der Waals surface area contributed by atoms with Crippen LogP contribution in [0.25, 0.3) is 5.65 Å². The average Bonchev–Trinajstić information content (AvgIpc) is 2.93. The number of fused-ring (bicyclic) bond motifs is 1. The number of anilines is 1.